The highest BCUT2D eigenvalue weighted by Crippen LogP contribution is 2.16. The van der Waals surface area contributed by atoms with Crippen LogP contribution in [0.5, 0.6) is 5.75 Å². The lowest BCUT2D eigenvalue weighted by atomic mass is 9.97. The fourth-order valence-electron chi connectivity index (χ4n) is 2.57. The highest BCUT2D eigenvalue weighted by molar-refractivity contribution is 5.85. The maximum absolute atomic E-state index is 5.75. The van der Waals surface area contributed by atoms with Gasteiger partial charge >= 0.3 is 0 Å². The molecule has 3 nitrogen and oxygen atoms in total. The molecule has 1 aromatic rings. The van der Waals surface area contributed by atoms with E-state index in [4.69, 9.17) is 4.74 Å². The summed E-state index contributed by atoms with van der Waals surface area (Å²) in [6.07, 6.45) is 2.64. The summed E-state index contributed by atoms with van der Waals surface area (Å²) in [5, 5.41) is 3.45. The molecule has 0 unspecified atom stereocenters. The molecule has 0 aromatic heterocycles. The van der Waals surface area contributed by atoms with Crippen molar-refractivity contribution in [3.05, 3.63) is 30.3 Å². The van der Waals surface area contributed by atoms with Gasteiger partial charge < -0.3 is 10.1 Å². The van der Waals surface area contributed by atoms with Crippen LogP contribution in [0.2, 0.25) is 0 Å². The molecule has 1 aromatic carbocycles. The number of nitrogens with one attached hydrogen (secondary N) is 1. The molecule has 21 heavy (non-hydrogen) atoms. The summed E-state index contributed by atoms with van der Waals surface area (Å²) in [6.45, 7) is 8.72. The van der Waals surface area contributed by atoms with E-state index in [1.54, 1.807) is 0 Å². The molecule has 122 valence electrons. The van der Waals surface area contributed by atoms with Gasteiger partial charge in [0.15, 0.2) is 0 Å². The monoisotopic (exact) mass is 334 g/mol. The molecule has 0 saturated carbocycles. The summed E-state index contributed by atoms with van der Waals surface area (Å²) in [5.41, 5.74) is 0. The van der Waals surface area contributed by atoms with Gasteiger partial charge in [-0.15, -0.1) is 24.8 Å². The Bertz CT molecular complexity index is 343. The molecular weight excluding hydrogens is 307 g/mol. The number of benzene rings is 1. The quantitative estimate of drug-likeness (QED) is 0.828. The van der Waals surface area contributed by atoms with E-state index in [-0.39, 0.29) is 24.8 Å². The minimum atomic E-state index is 0. The molecule has 0 aliphatic carbocycles. The van der Waals surface area contributed by atoms with Crippen LogP contribution in [-0.2, 0) is 0 Å². The first-order chi connectivity index (χ1) is 9.38. The maximum Gasteiger partial charge on any atom is 0.119 e. The highest BCUT2D eigenvalue weighted by Gasteiger charge is 2.18. The molecule has 0 amide bonds. The Hall–Kier alpha value is -0.480. The second kappa shape index (κ2) is 12.1. The van der Waals surface area contributed by atoms with Gasteiger partial charge in [0.2, 0.25) is 0 Å². The molecule has 5 heteroatoms. The maximum atomic E-state index is 5.75. The van der Waals surface area contributed by atoms with E-state index >= 15 is 0 Å². The fraction of sp³-hybridized carbons (Fsp3) is 0.625. The van der Waals surface area contributed by atoms with Crippen molar-refractivity contribution in [3.8, 4) is 5.75 Å². The number of hydrogen-bond donors (Lipinski definition) is 1. The summed E-state index contributed by atoms with van der Waals surface area (Å²) in [5.74, 6) is 1.84. The van der Waals surface area contributed by atoms with Gasteiger partial charge in [0.25, 0.3) is 0 Å². The minimum Gasteiger partial charge on any atom is -0.492 e. The van der Waals surface area contributed by atoms with E-state index < -0.39 is 0 Å². The molecule has 1 N–H and O–H groups in total. The first-order valence-electron chi connectivity index (χ1n) is 7.49. The molecule has 2 rings (SSSR count). The van der Waals surface area contributed by atoms with Crippen LogP contribution >= 0.6 is 24.8 Å². The number of para-hydroxylation sites is 1. The Balaban J connectivity index is 0.00000200. The third-order valence-electron chi connectivity index (χ3n) is 3.81. The second-order valence-corrected chi connectivity index (χ2v) is 5.25. The van der Waals surface area contributed by atoms with E-state index in [1.807, 2.05) is 30.3 Å². The average Bonchev–Trinajstić information content (AvgIpc) is 2.47. The van der Waals surface area contributed by atoms with E-state index in [0.717, 1.165) is 31.4 Å². The number of halogens is 2. The van der Waals surface area contributed by atoms with Crippen molar-refractivity contribution in [2.24, 2.45) is 5.92 Å². The molecular formula is C16H28Cl2N2O. The molecule has 0 bridgehead atoms. The van der Waals surface area contributed by atoms with Crippen LogP contribution in [-0.4, -0.2) is 44.2 Å². The van der Waals surface area contributed by atoms with Crippen molar-refractivity contribution >= 4 is 24.8 Å². The summed E-state index contributed by atoms with van der Waals surface area (Å²) in [6, 6.07) is 10.1. The van der Waals surface area contributed by atoms with Gasteiger partial charge in [-0.1, -0.05) is 25.1 Å². The van der Waals surface area contributed by atoms with E-state index in [0.29, 0.717) is 0 Å². The van der Waals surface area contributed by atoms with Gasteiger partial charge in [-0.2, -0.15) is 0 Å². The van der Waals surface area contributed by atoms with Crippen LogP contribution < -0.4 is 10.1 Å². The average molecular weight is 335 g/mol. The van der Waals surface area contributed by atoms with Crippen LogP contribution in [0.1, 0.15) is 19.8 Å². The lowest BCUT2D eigenvalue weighted by molar-refractivity contribution is 0.154. The van der Waals surface area contributed by atoms with Crippen LogP contribution in [0.15, 0.2) is 30.3 Å². The van der Waals surface area contributed by atoms with Gasteiger partial charge in [-0.05, 0) is 57.1 Å². The Labute approximate surface area is 141 Å². The Morgan fingerprint density at radius 3 is 2.43 bits per heavy atom. The van der Waals surface area contributed by atoms with Crippen molar-refractivity contribution in [3.63, 3.8) is 0 Å². The van der Waals surface area contributed by atoms with E-state index in [2.05, 4.69) is 17.1 Å². The SMILES string of the molecule is CCNCC1CCN(CCOc2ccccc2)CC1.Cl.Cl. The Morgan fingerprint density at radius 1 is 1.14 bits per heavy atom. The summed E-state index contributed by atoms with van der Waals surface area (Å²) >= 11 is 0. The predicted molar refractivity (Wildman–Crippen MR) is 94.1 cm³/mol. The van der Waals surface area contributed by atoms with Crippen molar-refractivity contribution in [2.75, 3.05) is 39.3 Å². The van der Waals surface area contributed by atoms with E-state index in [9.17, 15) is 0 Å². The zero-order valence-electron chi connectivity index (χ0n) is 12.8. The topological polar surface area (TPSA) is 24.5 Å². The third-order valence-corrected chi connectivity index (χ3v) is 3.81. The zero-order valence-corrected chi connectivity index (χ0v) is 14.4. The number of likely N-dealkylation sites (tertiary alicyclic amines) is 1. The second-order valence-electron chi connectivity index (χ2n) is 5.25. The molecule has 0 radical (unpaired) electrons. The first-order valence-corrected chi connectivity index (χ1v) is 7.49. The van der Waals surface area contributed by atoms with Crippen molar-refractivity contribution in [2.45, 2.75) is 19.8 Å². The molecule has 1 saturated heterocycles. The van der Waals surface area contributed by atoms with Crippen molar-refractivity contribution in [1.29, 1.82) is 0 Å². The Kier molecular flexibility index (Phi) is 11.8. The van der Waals surface area contributed by atoms with Crippen LogP contribution in [0.3, 0.4) is 0 Å². The van der Waals surface area contributed by atoms with Gasteiger partial charge in [0.05, 0.1) is 0 Å². The summed E-state index contributed by atoms with van der Waals surface area (Å²) < 4.78 is 5.75. The minimum absolute atomic E-state index is 0. The van der Waals surface area contributed by atoms with Crippen molar-refractivity contribution < 1.29 is 4.74 Å². The van der Waals surface area contributed by atoms with E-state index in [1.165, 1.54) is 32.5 Å². The van der Waals surface area contributed by atoms with Gasteiger partial charge in [-0.25, -0.2) is 0 Å². The summed E-state index contributed by atoms with van der Waals surface area (Å²) in [4.78, 5) is 2.52. The largest absolute Gasteiger partial charge is 0.492 e. The number of hydrogen-bond acceptors (Lipinski definition) is 3. The first kappa shape index (κ1) is 20.5. The zero-order chi connectivity index (χ0) is 13.3. The molecule has 1 aliphatic heterocycles. The van der Waals surface area contributed by atoms with Gasteiger partial charge in [-0.3, -0.25) is 4.90 Å². The lowest BCUT2D eigenvalue weighted by Gasteiger charge is -2.31. The third kappa shape index (κ3) is 7.91. The fourth-order valence-corrected chi connectivity index (χ4v) is 2.57. The number of nitrogens with zero attached hydrogens (tertiary/aromatic N) is 1. The molecule has 1 heterocycles. The van der Waals surface area contributed by atoms with Crippen LogP contribution in [0.25, 0.3) is 0 Å². The highest BCUT2D eigenvalue weighted by atomic mass is 35.5. The molecule has 0 atom stereocenters. The van der Waals surface area contributed by atoms with Crippen LogP contribution in [0, 0.1) is 5.92 Å². The molecule has 1 fully saturated rings. The normalized spacial score (nSPS) is 15.9. The number of rotatable bonds is 7. The van der Waals surface area contributed by atoms with Crippen LogP contribution in [0.4, 0.5) is 0 Å². The van der Waals surface area contributed by atoms with Crippen molar-refractivity contribution in [1.82, 2.24) is 10.2 Å². The van der Waals surface area contributed by atoms with Gasteiger partial charge in [0.1, 0.15) is 12.4 Å². The number of ether oxygens (including phenoxy) is 1. The lowest BCUT2D eigenvalue weighted by Crippen LogP contribution is -2.39. The smallest absolute Gasteiger partial charge is 0.119 e. The standard InChI is InChI=1S/C16H26N2O.2ClH/c1-2-17-14-15-8-10-18(11-9-15)12-13-19-16-6-4-3-5-7-16;;/h3-7,15,17H,2,8-14H2,1H3;2*1H. The van der Waals surface area contributed by atoms with Gasteiger partial charge in [0, 0.05) is 6.54 Å². The molecule has 0 spiro atoms. The molecule has 1 aliphatic rings. The number of piperidine rings is 1. The summed E-state index contributed by atoms with van der Waals surface area (Å²) in [7, 11) is 0. The predicted octanol–water partition coefficient (Wildman–Crippen LogP) is 3.23. The Morgan fingerprint density at radius 2 is 1.81 bits per heavy atom.